The topological polar surface area (TPSA) is 34.0 Å². The third-order valence-corrected chi connectivity index (χ3v) is 9.73. The van der Waals surface area contributed by atoms with Crippen molar-refractivity contribution in [2.24, 2.45) is 0 Å². The molecule has 234 valence electrons. The van der Waals surface area contributed by atoms with Crippen molar-refractivity contribution in [3.63, 3.8) is 0 Å². The largest absolute Gasteiger partial charge is 0.295 e. The molecule has 1 aliphatic heterocycles. The Hall–Kier alpha value is -6.78. The summed E-state index contributed by atoms with van der Waals surface area (Å²) in [7, 11) is 0. The molecule has 0 bridgehead atoms. The predicted octanol–water partition coefficient (Wildman–Crippen LogP) is 12.0. The van der Waals surface area contributed by atoms with Crippen molar-refractivity contribution in [2.75, 3.05) is 4.90 Å². The lowest BCUT2D eigenvalue weighted by Gasteiger charge is -2.26. The molecule has 0 saturated carbocycles. The van der Waals surface area contributed by atoms with Crippen LogP contribution in [0.2, 0.25) is 0 Å². The van der Waals surface area contributed by atoms with E-state index in [1.54, 1.807) is 0 Å². The number of hydrogen-bond donors (Lipinski definition) is 0. The highest BCUT2D eigenvalue weighted by Crippen LogP contribution is 2.51. The number of anilines is 3. The molecule has 0 spiro atoms. The molecule has 10 rings (SSSR count). The van der Waals surface area contributed by atoms with Gasteiger partial charge in [-0.05, 0) is 53.2 Å². The molecule has 3 heterocycles. The Morgan fingerprint density at radius 2 is 1.04 bits per heavy atom. The van der Waals surface area contributed by atoms with E-state index in [2.05, 4.69) is 155 Å². The molecule has 0 atom stereocenters. The molecule has 0 unspecified atom stereocenters. The molecule has 4 nitrogen and oxygen atoms in total. The van der Waals surface area contributed by atoms with Gasteiger partial charge in [0.15, 0.2) is 5.82 Å². The van der Waals surface area contributed by atoms with Gasteiger partial charge in [0.2, 0.25) is 0 Å². The van der Waals surface area contributed by atoms with E-state index in [0.717, 1.165) is 45.3 Å². The minimum atomic E-state index is 0.710. The second-order valence-electron chi connectivity index (χ2n) is 12.7. The van der Waals surface area contributed by atoms with Gasteiger partial charge in [0.1, 0.15) is 5.82 Å². The molecular formula is C46H30N4. The molecule has 0 amide bonds. The van der Waals surface area contributed by atoms with Gasteiger partial charge >= 0.3 is 0 Å². The average Bonchev–Trinajstić information content (AvgIpc) is 3.52. The molecule has 50 heavy (non-hydrogen) atoms. The van der Waals surface area contributed by atoms with Gasteiger partial charge in [0.05, 0.1) is 28.3 Å². The first-order valence-electron chi connectivity index (χ1n) is 16.9. The lowest BCUT2D eigenvalue weighted by molar-refractivity contribution is 1.09. The first-order chi connectivity index (χ1) is 24.8. The lowest BCUT2D eigenvalue weighted by atomic mass is 9.94. The average molecular weight is 639 g/mol. The third-order valence-electron chi connectivity index (χ3n) is 9.73. The van der Waals surface area contributed by atoms with E-state index in [1.807, 2.05) is 36.4 Å². The van der Waals surface area contributed by atoms with Gasteiger partial charge in [-0.2, -0.15) is 0 Å². The molecule has 0 fully saturated rings. The van der Waals surface area contributed by atoms with Crippen molar-refractivity contribution < 1.29 is 0 Å². The van der Waals surface area contributed by atoms with Crippen molar-refractivity contribution in [3.05, 3.63) is 182 Å². The van der Waals surface area contributed by atoms with Gasteiger partial charge in [0, 0.05) is 38.9 Å². The predicted molar refractivity (Wildman–Crippen MR) is 206 cm³/mol. The summed E-state index contributed by atoms with van der Waals surface area (Å²) in [5.41, 5.74) is 11.9. The molecule has 2 aromatic heterocycles. The molecule has 1 aliphatic rings. The normalized spacial score (nSPS) is 12.0. The van der Waals surface area contributed by atoms with Crippen LogP contribution >= 0.6 is 0 Å². The number of hydrogen-bond acceptors (Lipinski definition) is 3. The first-order valence-corrected chi connectivity index (χ1v) is 16.9. The van der Waals surface area contributed by atoms with E-state index >= 15 is 0 Å². The Morgan fingerprint density at radius 1 is 0.420 bits per heavy atom. The monoisotopic (exact) mass is 638 g/mol. The SMILES string of the molecule is c1ccc(-c2cc(-c3ccc(N4c5ccc6ccccc6c5-c5ccccc5-n5c4cc4ccccc45)cc3)nc(-c3ccccc3)n2)cc1. The van der Waals surface area contributed by atoms with Gasteiger partial charge < -0.3 is 0 Å². The van der Waals surface area contributed by atoms with E-state index in [4.69, 9.17) is 9.97 Å². The fraction of sp³-hybridized carbons (Fsp3) is 0. The van der Waals surface area contributed by atoms with E-state index < -0.39 is 0 Å². The summed E-state index contributed by atoms with van der Waals surface area (Å²) in [5, 5.41) is 3.66. The van der Waals surface area contributed by atoms with Crippen LogP contribution in [-0.2, 0) is 0 Å². The van der Waals surface area contributed by atoms with Crippen LogP contribution < -0.4 is 4.90 Å². The molecule has 0 radical (unpaired) electrons. The summed E-state index contributed by atoms with van der Waals surface area (Å²) in [5.74, 6) is 1.81. The van der Waals surface area contributed by atoms with Crippen molar-refractivity contribution in [2.45, 2.75) is 0 Å². The smallest absolute Gasteiger partial charge is 0.160 e. The zero-order valence-corrected chi connectivity index (χ0v) is 27.1. The molecule has 0 aliphatic carbocycles. The summed E-state index contributed by atoms with van der Waals surface area (Å²) < 4.78 is 2.41. The second-order valence-corrected chi connectivity index (χ2v) is 12.7. The van der Waals surface area contributed by atoms with Gasteiger partial charge in [-0.3, -0.25) is 9.47 Å². The van der Waals surface area contributed by atoms with Crippen molar-refractivity contribution >= 4 is 38.9 Å². The minimum absolute atomic E-state index is 0.710. The lowest BCUT2D eigenvalue weighted by Crippen LogP contribution is -2.13. The van der Waals surface area contributed by atoms with E-state index in [-0.39, 0.29) is 0 Å². The van der Waals surface area contributed by atoms with Crippen LogP contribution in [-0.4, -0.2) is 14.5 Å². The Morgan fingerprint density at radius 3 is 1.82 bits per heavy atom. The number of para-hydroxylation sites is 2. The second kappa shape index (κ2) is 11.4. The maximum Gasteiger partial charge on any atom is 0.160 e. The zero-order valence-electron chi connectivity index (χ0n) is 27.1. The number of aromatic nitrogens is 3. The van der Waals surface area contributed by atoms with E-state index in [1.165, 1.54) is 38.5 Å². The summed E-state index contributed by atoms with van der Waals surface area (Å²) in [6.07, 6.45) is 0. The van der Waals surface area contributed by atoms with Crippen molar-refractivity contribution in [1.29, 1.82) is 0 Å². The molecule has 0 saturated heterocycles. The van der Waals surface area contributed by atoms with Crippen LogP contribution in [0.5, 0.6) is 0 Å². The molecule has 9 aromatic rings. The number of nitrogens with zero attached hydrogens (tertiary/aromatic N) is 4. The summed E-state index contributed by atoms with van der Waals surface area (Å²) >= 11 is 0. The van der Waals surface area contributed by atoms with Crippen LogP contribution in [0, 0.1) is 0 Å². The minimum Gasteiger partial charge on any atom is -0.295 e. The fourth-order valence-corrected chi connectivity index (χ4v) is 7.41. The van der Waals surface area contributed by atoms with Crippen LogP contribution in [0.4, 0.5) is 17.2 Å². The molecule has 7 aromatic carbocycles. The Bertz CT molecular complexity index is 2640. The highest BCUT2D eigenvalue weighted by molar-refractivity contribution is 6.09. The van der Waals surface area contributed by atoms with Crippen molar-refractivity contribution in [3.8, 4) is 50.7 Å². The fourth-order valence-electron chi connectivity index (χ4n) is 7.41. The van der Waals surface area contributed by atoms with Gasteiger partial charge in [-0.25, -0.2) is 9.97 Å². The summed E-state index contributed by atoms with van der Waals surface area (Å²) in [4.78, 5) is 12.5. The molecule has 4 heteroatoms. The number of rotatable bonds is 4. The summed E-state index contributed by atoms with van der Waals surface area (Å²) in [6.45, 7) is 0. The zero-order chi connectivity index (χ0) is 33.0. The molecule has 0 N–H and O–H groups in total. The van der Waals surface area contributed by atoms with Crippen LogP contribution in [0.15, 0.2) is 182 Å². The maximum atomic E-state index is 5.09. The Labute approximate surface area is 290 Å². The number of benzene rings is 7. The Balaban J connectivity index is 1.18. The number of fused-ring (bicyclic) bond motifs is 9. The highest BCUT2D eigenvalue weighted by atomic mass is 15.3. The third kappa shape index (κ3) is 4.54. The van der Waals surface area contributed by atoms with Crippen LogP contribution in [0.1, 0.15) is 0 Å². The van der Waals surface area contributed by atoms with Crippen molar-refractivity contribution in [1.82, 2.24) is 14.5 Å². The summed E-state index contributed by atoms with van der Waals surface area (Å²) in [6, 6.07) is 64.4. The first kappa shape index (κ1) is 28.3. The quantitative estimate of drug-likeness (QED) is 0.192. The van der Waals surface area contributed by atoms with Crippen LogP contribution in [0.3, 0.4) is 0 Å². The van der Waals surface area contributed by atoms with Crippen LogP contribution in [0.25, 0.3) is 72.4 Å². The Kier molecular flexibility index (Phi) is 6.46. The van der Waals surface area contributed by atoms with E-state index in [9.17, 15) is 0 Å². The van der Waals surface area contributed by atoms with Gasteiger partial charge in [-0.15, -0.1) is 0 Å². The van der Waals surface area contributed by atoms with E-state index in [0.29, 0.717) is 5.82 Å². The standard InChI is InChI=1S/C46H30N4/c1-3-14-32(15-4-1)39-30-40(48-46(47-39)34-16-5-2-6-17-34)33-23-26-36(27-24-33)49-43-28-25-31-13-7-9-19-37(31)45(43)38-20-10-12-22-42(38)50-41-21-11-8-18-35(41)29-44(49)50/h1-30H. The molecular weight excluding hydrogens is 609 g/mol. The van der Waals surface area contributed by atoms with Gasteiger partial charge in [0.25, 0.3) is 0 Å². The maximum absolute atomic E-state index is 5.09. The van der Waals surface area contributed by atoms with Gasteiger partial charge in [-0.1, -0.05) is 140 Å². The highest BCUT2D eigenvalue weighted by Gasteiger charge is 2.29.